The second-order valence-corrected chi connectivity index (χ2v) is 6.94. The maximum atomic E-state index is 12.8. The van der Waals surface area contributed by atoms with E-state index >= 15 is 0 Å². The minimum Gasteiger partial charge on any atom is -0.376 e. The Morgan fingerprint density at radius 1 is 1.42 bits per heavy atom. The van der Waals surface area contributed by atoms with Gasteiger partial charge in [0.05, 0.1) is 37.7 Å². The molecule has 8 heteroatoms. The Labute approximate surface area is 156 Å². The number of amides is 4. The SMILES string of the molecule is C=[N+]1C(=O)C[C@@H](C(=O)N[C@@H](c2cccc(Cl)c2)[C@@H]2CCCO2)CNC1=O. The molecule has 26 heavy (non-hydrogen) atoms. The number of carbonyl (C=O) groups excluding carboxylic acids is 3. The summed E-state index contributed by atoms with van der Waals surface area (Å²) < 4.78 is 6.52. The first kappa shape index (κ1) is 18.5. The van der Waals surface area contributed by atoms with Gasteiger partial charge in [0.1, 0.15) is 0 Å². The number of hydrogen-bond acceptors (Lipinski definition) is 4. The lowest BCUT2D eigenvalue weighted by molar-refractivity contribution is -0.350. The van der Waals surface area contributed by atoms with E-state index in [0.29, 0.717) is 11.6 Å². The molecule has 2 aliphatic heterocycles. The van der Waals surface area contributed by atoms with Crippen LogP contribution >= 0.6 is 11.6 Å². The summed E-state index contributed by atoms with van der Waals surface area (Å²) in [6.07, 6.45) is 1.51. The van der Waals surface area contributed by atoms with Crippen molar-refractivity contribution in [3.05, 3.63) is 34.9 Å². The lowest BCUT2D eigenvalue weighted by atomic mass is 9.97. The number of benzene rings is 1. The Kier molecular flexibility index (Phi) is 5.68. The molecule has 0 unspecified atom stereocenters. The molecule has 3 rings (SSSR count). The smallest absolute Gasteiger partial charge is 0.376 e. The lowest BCUT2D eigenvalue weighted by Crippen LogP contribution is -2.42. The van der Waals surface area contributed by atoms with Gasteiger partial charge < -0.3 is 10.1 Å². The number of hydrogen-bond donors (Lipinski definition) is 2. The fourth-order valence-corrected chi connectivity index (χ4v) is 3.42. The van der Waals surface area contributed by atoms with Crippen LogP contribution in [0, 0.1) is 5.92 Å². The van der Waals surface area contributed by atoms with Crippen molar-refractivity contribution in [3.63, 3.8) is 0 Å². The molecule has 2 heterocycles. The summed E-state index contributed by atoms with van der Waals surface area (Å²) in [4.78, 5) is 36.4. The Balaban J connectivity index is 1.77. The molecule has 2 aliphatic rings. The van der Waals surface area contributed by atoms with E-state index in [-0.39, 0.29) is 31.0 Å². The molecule has 1 aromatic carbocycles. The van der Waals surface area contributed by atoms with E-state index < -0.39 is 17.9 Å². The summed E-state index contributed by atoms with van der Waals surface area (Å²) in [5.74, 6) is -1.47. The third-order valence-electron chi connectivity index (χ3n) is 4.68. The van der Waals surface area contributed by atoms with Crippen LogP contribution in [0.15, 0.2) is 24.3 Å². The maximum absolute atomic E-state index is 12.8. The van der Waals surface area contributed by atoms with Crippen LogP contribution in [0.25, 0.3) is 0 Å². The quantitative estimate of drug-likeness (QED) is 0.780. The minimum absolute atomic E-state index is 0.0796. The highest BCUT2D eigenvalue weighted by Crippen LogP contribution is 2.29. The van der Waals surface area contributed by atoms with Crippen molar-refractivity contribution in [2.24, 2.45) is 5.92 Å². The highest BCUT2D eigenvalue weighted by molar-refractivity contribution is 6.30. The molecule has 0 radical (unpaired) electrons. The van der Waals surface area contributed by atoms with Gasteiger partial charge in [0.15, 0.2) is 0 Å². The highest BCUT2D eigenvalue weighted by atomic mass is 35.5. The molecule has 0 aliphatic carbocycles. The van der Waals surface area contributed by atoms with Gasteiger partial charge in [-0.15, -0.1) is 4.58 Å². The summed E-state index contributed by atoms with van der Waals surface area (Å²) in [5, 5.41) is 6.10. The van der Waals surface area contributed by atoms with Gasteiger partial charge in [-0.1, -0.05) is 23.7 Å². The molecule has 0 aromatic heterocycles. The van der Waals surface area contributed by atoms with Gasteiger partial charge >= 0.3 is 11.9 Å². The van der Waals surface area contributed by atoms with Crippen LogP contribution in [-0.4, -0.2) is 48.4 Å². The molecule has 0 spiro atoms. The number of nitrogens with one attached hydrogen (secondary N) is 2. The first-order valence-electron chi connectivity index (χ1n) is 8.54. The second kappa shape index (κ2) is 7.97. The van der Waals surface area contributed by atoms with Crippen LogP contribution < -0.4 is 10.6 Å². The van der Waals surface area contributed by atoms with E-state index in [0.717, 1.165) is 23.0 Å². The van der Waals surface area contributed by atoms with Crippen LogP contribution in [0.4, 0.5) is 4.79 Å². The van der Waals surface area contributed by atoms with Crippen LogP contribution in [0.5, 0.6) is 0 Å². The first-order chi connectivity index (χ1) is 12.5. The minimum atomic E-state index is -0.665. The van der Waals surface area contributed by atoms with E-state index in [9.17, 15) is 14.4 Å². The number of nitrogens with zero attached hydrogens (tertiary/aromatic N) is 1. The molecular weight excluding hydrogens is 358 g/mol. The molecule has 0 saturated carbocycles. The van der Waals surface area contributed by atoms with Crippen molar-refractivity contribution >= 4 is 36.2 Å². The standard InChI is InChI=1S/C18H20ClN3O4/c1-22-15(23)9-12(10-20-18(22)25)17(24)21-16(14-6-3-7-26-14)11-4-2-5-13(19)8-11/h2,4-5,8,12,14,16H,1,3,6-7,9-10H2,(H-,20,21,24,25)/p+1/t12-,14+,16+/m1/s1. The summed E-state index contributed by atoms with van der Waals surface area (Å²) in [6.45, 7) is 4.12. The van der Waals surface area contributed by atoms with Gasteiger partial charge in [-0.2, -0.15) is 4.79 Å². The zero-order valence-corrected chi connectivity index (χ0v) is 15.0. The number of urea groups is 1. The van der Waals surface area contributed by atoms with E-state index in [1.54, 1.807) is 12.1 Å². The Bertz CT molecular complexity index is 746. The Morgan fingerprint density at radius 3 is 2.92 bits per heavy atom. The predicted octanol–water partition coefficient (Wildman–Crippen LogP) is 1.65. The summed E-state index contributed by atoms with van der Waals surface area (Å²) in [6, 6.07) is 6.30. The van der Waals surface area contributed by atoms with E-state index in [4.69, 9.17) is 16.3 Å². The second-order valence-electron chi connectivity index (χ2n) is 6.50. The monoisotopic (exact) mass is 378 g/mol. The summed E-state index contributed by atoms with van der Waals surface area (Å²) in [5.41, 5.74) is 0.848. The van der Waals surface area contributed by atoms with Crippen LogP contribution in [0.1, 0.15) is 30.9 Å². The normalized spacial score (nSPS) is 24.7. The average molecular weight is 379 g/mol. The first-order valence-corrected chi connectivity index (χ1v) is 8.92. The number of carbonyl (C=O) groups is 3. The number of imide groups is 1. The van der Waals surface area contributed by atoms with Crippen molar-refractivity contribution in [1.82, 2.24) is 10.6 Å². The van der Waals surface area contributed by atoms with Gasteiger partial charge in [-0.05, 0) is 30.5 Å². The van der Waals surface area contributed by atoms with Crippen molar-refractivity contribution in [2.45, 2.75) is 31.4 Å². The third-order valence-corrected chi connectivity index (χ3v) is 4.92. The van der Waals surface area contributed by atoms with Gasteiger partial charge in [0.2, 0.25) is 5.91 Å². The van der Waals surface area contributed by atoms with Gasteiger partial charge in [0.25, 0.3) is 0 Å². The predicted molar refractivity (Wildman–Crippen MR) is 95.2 cm³/mol. The average Bonchev–Trinajstić information content (AvgIpc) is 3.12. The lowest BCUT2D eigenvalue weighted by Gasteiger charge is -2.26. The number of halogens is 1. The van der Waals surface area contributed by atoms with Crippen molar-refractivity contribution in [1.29, 1.82) is 0 Å². The highest BCUT2D eigenvalue weighted by Gasteiger charge is 2.37. The van der Waals surface area contributed by atoms with E-state index in [1.165, 1.54) is 0 Å². The molecular formula is C18H21ClN3O4+. The molecule has 1 aromatic rings. The van der Waals surface area contributed by atoms with E-state index in [2.05, 4.69) is 17.4 Å². The van der Waals surface area contributed by atoms with Crippen LogP contribution in [0.2, 0.25) is 5.02 Å². The molecule has 2 fully saturated rings. The largest absolute Gasteiger partial charge is 0.498 e. The zero-order chi connectivity index (χ0) is 18.7. The van der Waals surface area contributed by atoms with Crippen molar-refractivity contribution in [2.75, 3.05) is 13.2 Å². The maximum Gasteiger partial charge on any atom is 0.498 e. The molecule has 0 bridgehead atoms. The molecule has 2 saturated heterocycles. The summed E-state index contributed by atoms with van der Waals surface area (Å²) >= 11 is 6.10. The molecule has 138 valence electrons. The van der Waals surface area contributed by atoms with Crippen LogP contribution in [0.3, 0.4) is 0 Å². The fourth-order valence-electron chi connectivity index (χ4n) is 3.23. The van der Waals surface area contributed by atoms with Crippen molar-refractivity contribution < 1.29 is 23.7 Å². The topological polar surface area (TPSA) is 87.5 Å². The van der Waals surface area contributed by atoms with Crippen molar-refractivity contribution in [3.8, 4) is 0 Å². The number of ether oxygens (including phenoxy) is 1. The zero-order valence-electron chi connectivity index (χ0n) is 14.2. The third kappa shape index (κ3) is 4.11. The fraction of sp³-hybridized carbons (Fsp3) is 0.444. The Hall–Kier alpha value is -2.25. The van der Waals surface area contributed by atoms with Gasteiger partial charge in [-0.3, -0.25) is 4.79 Å². The van der Waals surface area contributed by atoms with Gasteiger partial charge in [0, 0.05) is 11.6 Å². The molecule has 7 nitrogen and oxygen atoms in total. The van der Waals surface area contributed by atoms with Crippen LogP contribution in [-0.2, 0) is 14.3 Å². The van der Waals surface area contributed by atoms with Gasteiger partial charge in [-0.25, -0.2) is 10.1 Å². The molecule has 2 N–H and O–H groups in total. The van der Waals surface area contributed by atoms with E-state index in [1.807, 2.05) is 12.1 Å². The summed E-state index contributed by atoms with van der Waals surface area (Å²) in [7, 11) is 0. The molecule has 3 atom stereocenters. The molecule has 4 amide bonds. The Morgan fingerprint density at radius 2 is 2.23 bits per heavy atom. The number of rotatable bonds is 4.